The molecule has 6 nitrogen and oxygen atoms in total. The van der Waals surface area contributed by atoms with Gasteiger partial charge in [-0.15, -0.1) is 0 Å². The Labute approximate surface area is 134 Å². The third-order valence-corrected chi connectivity index (χ3v) is 2.59. The van der Waals surface area contributed by atoms with E-state index in [0.29, 0.717) is 18.7 Å². The predicted octanol–water partition coefficient (Wildman–Crippen LogP) is 1.48. The number of nitrogens with zero attached hydrogens (tertiary/aromatic N) is 1. The smallest absolute Gasteiger partial charge is 0.503 e. The second-order valence-corrected chi connectivity index (χ2v) is 3.89. The third-order valence-electron chi connectivity index (χ3n) is 2.59. The van der Waals surface area contributed by atoms with E-state index in [9.17, 15) is 9.59 Å². The molecule has 0 saturated carbocycles. The van der Waals surface area contributed by atoms with Gasteiger partial charge in [-0.25, -0.2) is 0 Å². The summed E-state index contributed by atoms with van der Waals surface area (Å²) in [5.74, 6) is -0.123. The van der Waals surface area contributed by atoms with Crippen LogP contribution in [0.4, 0.5) is 0 Å². The molecule has 0 bridgehead atoms. The fraction of sp³-hybridized carbons (Fsp3) is 0.286. The van der Waals surface area contributed by atoms with E-state index in [1.165, 1.54) is 23.0 Å². The molecular weight excluding hydrogens is 328 g/mol. The van der Waals surface area contributed by atoms with Gasteiger partial charge < -0.3 is 19.2 Å². The molecule has 2 aromatic rings. The molecule has 2 aromatic heterocycles. The minimum absolute atomic E-state index is 0. The van der Waals surface area contributed by atoms with Crippen LogP contribution in [0, 0.1) is 0 Å². The summed E-state index contributed by atoms with van der Waals surface area (Å²) in [6.07, 6.45) is 3.45. The molecule has 0 spiro atoms. The monoisotopic (exact) mass is 343 g/mol. The first-order valence-corrected chi connectivity index (χ1v) is 6.19. The number of aryl methyl sites for hydroxylation is 2. The molecule has 2 N–H and O–H groups in total. The maximum absolute atomic E-state index is 10.9. The molecule has 2 heterocycles. The summed E-state index contributed by atoms with van der Waals surface area (Å²) in [5, 5.41) is 17.9. The quantitative estimate of drug-likeness (QED) is 0.805. The molecule has 0 aromatic carbocycles. The summed E-state index contributed by atoms with van der Waals surface area (Å²) in [4.78, 5) is 21.6. The largest absolute Gasteiger partial charge is 2.00 e. The van der Waals surface area contributed by atoms with Crippen molar-refractivity contribution < 1.29 is 34.1 Å². The zero-order valence-electron chi connectivity index (χ0n) is 12.1. The summed E-state index contributed by atoms with van der Waals surface area (Å²) >= 11 is 0. The van der Waals surface area contributed by atoms with Gasteiger partial charge in [-0.2, -0.15) is 0 Å². The Balaban J connectivity index is 0.000000364. The van der Waals surface area contributed by atoms with Crippen LogP contribution in [0.15, 0.2) is 44.7 Å². The predicted molar refractivity (Wildman–Crippen MR) is 74.1 cm³/mol. The summed E-state index contributed by atoms with van der Waals surface area (Å²) in [5.41, 5.74) is -0.715. The summed E-state index contributed by atoms with van der Waals surface area (Å²) in [7, 11) is 0. The van der Waals surface area contributed by atoms with Crippen molar-refractivity contribution >= 4 is 0 Å². The van der Waals surface area contributed by atoms with E-state index in [0.717, 1.165) is 0 Å². The van der Waals surface area contributed by atoms with E-state index in [1.54, 1.807) is 19.2 Å². The van der Waals surface area contributed by atoms with Crippen LogP contribution in [0.3, 0.4) is 0 Å². The van der Waals surface area contributed by atoms with Gasteiger partial charge in [0.1, 0.15) is 5.76 Å². The van der Waals surface area contributed by atoms with E-state index in [-0.39, 0.29) is 42.0 Å². The van der Waals surface area contributed by atoms with Gasteiger partial charge in [0, 0.05) is 25.2 Å². The molecule has 0 aliphatic rings. The molecule has 21 heavy (non-hydrogen) atoms. The molecule has 0 amide bonds. The van der Waals surface area contributed by atoms with E-state index in [2.05, 4.69) is 0 Å². The van der Waals surface area contributed by atoms with E-state index >= 15 is 0 Å². The third kappa shape index (κ3) is 5.19. The van der Waals surface area contributed by atoms with Crippen molar-refractivity contribution in [2.45, 2.75) is 26.8 Å². The second-order valence-electron chi connectivity index (χ2n) is 3.89. The minimum atomic E-state index is -0.386. The van der Waals surface area contributed by atoms with Crippen LogP contribution in [0.2, 0.25) is 0 Å². The molecule has 0 unspecified atom stereocenters. The zero-order valence-corrected chi connectivity index (χ0v) is 15.0. The van der Waals surface area contributed by atoms with Crippen LogP contribution < -0.4 is 11.0 Å². The fourth-order valence-corrected chi connectivity index (χ4v) is 1.47. The standard InChI is InChI=1S/C7H9NO2.C7H8O3.Zn/c1-2-8-5-3-4-6(9)7(8)10;1-2-6-7(9)5(8)3-4-10-6;/h3-5,9H,2H2,1H3;3-4,9H,2H2,1H3;/q;;+2. The number of aromatic hydroxyl groups is 2. The molecule has 2 rings (SSSR count). The van der Waals surface area contributed by atoms with E-state index < -0.39 is 0 Å². The van der Waals surface area contributed by atoms with Crippen molar-refractivity contribution in [3.05, 3.63) is 57.0 Å². The van der Waals surface area contributed by atoms with Crippen molar-refractivity contribution in [3.8, 4) is 11.5 Å². The Hall–Kier alpha value is -1.88. The number of pyridine rings is 1. The average molecular weight is 345 g/mol. The molecule has 0 fully saturated rings. The Bertz CT molecular complexity index is 678. The molecule has 0 radical (unpaired) electrons. The number of rotatable bonds is 2. The first-order chi connectivity index (χ1) is 9.51. The van der Waals surface area contributed by atoms with Crippen LogP contribution in [0.5, 0.6) is 11.5 Å². The Kier molecular flexibility index (Phi) is 8.32. The van der Waals surface area contributed by atoms with Crippen molar-refractivity contribution in [2.75, 3.05) is 0 Å². The summed E-state index contributed by atoms with van der Waals surface area (Å²) in [6.45, 7) is 4.24. The molecule has 108 valence electrons. The van der Waals surface area contributed by atoms with Crippen LogP contribution in [-0.4, -0.2) is 14.8 Å². The summed E-state index contributed by atoms with van der Waals surface area (Å²) < 4.78 is 6.28. The average Bonchev–Trinajstić information content (AvgIpc) is 2.45. The minimum Gasteiger partial charge on any atom is -0.503 e. The Morgan fingerprint density at radius 3 is 2.33 bits per heavy atom. The molecule has 0 aliphatic carbocycles. The van der Waals surface area contributed by atoms with Gasteiger partial charge in [0.05, 0.1) is 6.26 Å². The van der Waals surface area contributed by atoms with Crippen LogP contribution in [-0.2, 0) is 32.4 Å². The van der Waals surface area contributed by atoms with Crippen LogP contribution >= 0.6 is 0 Å². The van der Waals surface area contributed by atoms with Crippen molar-refractivity contribution in [1.29, 1.82) is 0 Å². The van der Waals surface area contributed by atoms with Crippen molar-refractivity contribution in [2.24, 2.45) is 0 Å². The van der Waals surface area contributed by atoms with E-state index in [4.69, 9.17) is 14.6 Å². The van der Waals surface area contributed by atoms with Gasteiger partial charge in [0.2, 0.25) is 11.2 Å². The van der Waals surface area contributed by atoms with Gasteiger partial charge in [0.25, 0.3) is 5.56 Å². The SMILES string of the molecule is CCc1occc(=O)c1O.CCn1cccc(O)c1=O.[Zn+2]. The molecule has 0 saturated heterocycles. The van der Waals surface area contributed by atoms with Crippen LogP contribution in [0.1, 0.15) is 19.6 Å². The zero-order chi connectivity index (χ0) is 15.1. The van der Waals surface area contributed by atoms with Gasteiger partial charge >= 0.3 is 19.5 Å². The molecule has 0 atom stereocenters. The number of hydrogen-bond acceptors (Lipinski definition) is 5. The van der Waals surface area contributed by atoms with E-state index in [1.807, 2.05) is 6.92 Å². The topological polar surface area (TPSA) is 92.7 Å². The normalized spacial score (nSPS) is 9.24. The Morgan fingerprint density at radius 2 is 1.86 bits per heavy atom. The Morgan fingerprint density at radius 1 is 1.19 bits per heavy atom. The van der Waals surface area contributed by atoms with Gasteiger partial charge in [0.15, 0.2) is 5.75 Å². The van der Waals surface area contributed by atoms with Crippen molar-refractivity contribution in [1.82, 2.24) is 4.57 Å². The van der Waals surface area contributed by atoms with Crippen LogP contribution in [0.25, 0.3) is 0 Å². The number of hydrogen-bond donors (Lipinski definition) is 2. The van der Waals surface area contributed by atoms with Gasteiger partial charge in [-0.05, 0) is 19.1 Å². The molecular formula is C14H17NO5Zn+2. The molecule has 0 aliphatic heterocycles. The fourth-order valence-electron chi connectivity index (χ4n) is 1.47. The number of aromatic nitrogens is 1. The van der Waals surface area contributed by atoms with Crippen molar-refractivity contribution in [3.63, 3.8) is 0 Å². The maximum atomic E-state index is 10.9. The second kappa shape index (κ2) is 9.13. The van der Waals surface area contributed by atoms with Gasteiger partial charge in [-0.1, -0.05) is 6.92 Å². The first kappa shape index (κ1) is 19.1. The maximum Gasteiger partial charge on any atom is 2.00 e. The van der Waals surface area contributed by atoms with Gasteiger partial charge in [-0.3, -0.25) is 9.59 Å². The first-order valence-electron chi connectivity index (χ1n) is 6.19. The summed E-state index contributed by atoms with van der Waals surface area (Å²) in [6, 6.07) is 4.21. The molecule has 7 heteroatoms.